The van der Waals surface area contributed by atoms with E-state index in [9.17, 15) is 0 Å². The topological polar surface area (TPSA) is 43.8 Å². The number of aromatic nitrogens is 2. The Labute approximate surface area is 119 Å². The van der Waals surface area contributed by atoms with E-state index in [0.717, 1.165) is 29.1 Å². The summed E-state index contributed by atoms with van der Waals surface area (Å²) in [5, 5.41) is 5.18. The van der Waals surface area contributed by atoms with Crippen LogP contribution in [0.4, 0.5) is 5.82 Å². The molecule has 2 rings (SSSR count). The number of aryl methyl sites for hydroxylation is 1. The average Bonchev–Trinajstić information content (AvgIpc) is 2.73. The molecule has 0 aliphatic rings. The highest BCUT2D eigenvalue weighted by Crippen LogP contribution is 2.33. The van der Waals surface area contributed by atoms with Gasteiger partial charge in [-0.25, -0.2) is 0 Å². The van der Waals surface area contributed by atoms with Crippen molar-refractivity contribution in [1.29, 1.82) is 0 Å². The molecule has 0 saturated heterocycles. The van der Waals surface area contributed by atoms with Crippen molar-refractivity contribution in [3.63, 3.8) is 0 Å². The Bertz CT molecular complexity index is 551. The van der Waals surface area contributed by atoms with Gasteiger partial charge in [0.2, 0.25) is 0 Å². The Morgan fingerprint density at radius 3 is 2.42 bits per heavy atom. The maximum atomic E-state index is 6.41. The summed E-state index contributed by atoms with van der Waals surface area (Å²) in [6.45, 7) is 4.38. The number of halogens is 1. The molecule has 2 aromatic rings. The van der Waals surface area contributed by atoms with E-state index < -0.39 is 0 Å². The first kappa shape index (κ1) is 13.9. The molecule has 0 unspecified atom stereocenters. The van der Waals surface area contributed by atoms with Crippen molar-refractivity contribution >= 4 is 17.4 Å². The molecule has 2 N–H and O–H groups in total. The molecule has 19 heavy (non-hydrogen) atoms. The molecule has 0 saturated carbocycles. The number of benzene rings is 1. The minimum atomic E-state index is 0.523. The summed E-state index contributed by atoms with van der Waals surface area (Å²) in [6, 6.07) is 8.03. The van der Waals surface area contributed by atoms with Crippen molar-refractivity contribution in [2.45, 2.75) is 32.6 Å². The Hall–Kier alpha value is -1.48. The highest BCUT2D eigenvalue weighted by Gasteiger charge is 2.13. The highest BCUT2D eigenvalue weighted by molar-refractivity contribution is 6.31. The molecule has 0 spiro atoms. The van der Waals surface area contributed by atoms with Crippen LogP contribution in [0.25, 0.3) is 11.3 Å². The summed E-state index contributed by atoms with van der Waals surface area (Å²) in [6.07, 6.45) is 2.21. The second-order valence-corrected chi connectivity index (χ2v) is 5.23. The summed E-state index contributed by atoms with van der Waals surface area (Å²) in [5.74, 6) is 1.17. The van der Waals surface area contributed by atoms with E-state index in [1.807, 2.05) is 19.2 Å². The number of nitrogens with two attached hydrogens (primary N) is 1. The van der Waals surface area contributed by atoms with Gasteiger partial charge >= 0.3 is 0 Å². The van der Waals surface area contributed by atoms with Crippen LogP contribution in [0.5, 0.6) is 0 Å². The van der Waals surface area contributed by atoms with Crippen LogP contribution in [0.15, 0.2) is 24.3 Å². The molecule has 0 fully saturated rings. The van der Waals surface area contributed by atoms with Crippen LogP contribution in [0.2, 0.25) is 5.02 Å². The Balaban J connectivity index is 2.38. The van der Waals surface area contributed by atoms with Crippen LogP contribution in [-0.4, -0.2) is 9.78 Å². The zero-order valence-corrected chi connectivity index (χ0v) is 12.4. The van der Waals surface area contributed by atoms with Gasteiger partial charge in [0.15, 0.2) is 0 Å². The average molecular weight is 278 g/mol. The fraction of sp³-hybridized carbons (Fsp3) is 0.400. The molecule has 1 aromatic heterocycles. The van der Waals surface area contributed by atoms with E-state index >= 15 is 0 Å². The third-order valence-corrected chi connectivity index (χ3v) is 3.96. The predicted molar refractivity (Wildman–Crippen MR) is 81.4 cm³/mol. The molecule has 0 amide bonds. The van der Waals surface area contributed by atoms with Crippen molar-refractivity contribution in [1.82, 2.24) is 9.78 Å². The molecular weight excluding hydrogens is 258 g/mol. The van der Waals surface area contributed by atoms with Gasteiger partial charge in [-0.3, -0.25) is 4.68 Å². The smallest absolute Gasteiger partial charge is 0.121 e. The lowest BCUT2D eigenvalue weighted by Gasteiger charge is -2.15. The van der Waals surface area contributed by atoms with E-state index in [2.05, 4.69) is 31.1 Å². The van der Waals surface area contributed by atoms with E-state index in [1.54, 1.807) is 4.68 Å². The molecule has 0 aliphatic carbocycles. The molecule has 102 valence electrons. The molecule has 0 radical (unpaired) electrons. The molecule has 1 heterocycles. The molecule has 0 bridgehead atoms. The van der Waals surface area contributed by atoms with E-state index in [1.165, 1.54) is 5.56 Å². The second kappa shape index (κ2) is 5.66. The van der Waals surface area contributed by atoms with Crippen LogP contribution in [0, 0.1) is 0 Å². The molecule has 0 aliphatic heterocycles. The van der Waals surface area contributed by atoms with Crippen molar-refractivity contribution in [2.24, 2.45) is 7.05 Å². The Morgan fingerprint density at radius 2 is 1.95 bits per heavy atom. The minimum absolute atomic E-state index is 0.523. The summed E-state index contributed by atoms with van der Waals surface area (Å²) < 4.78 is 1.66. The maximum absolute atomic E-state index is 6.41. The van der Waals surface area contributed by atoms with Gasteiger partial charge in [-0.15, -0.1) is 0 Å². The third kappa shape index (κ3) is 2.76. The maximum Gasteiger partial charge on any atom is 0.121 e. The van der Waals surface area contributed by atoms with Gasteiger partial charge in [0.1, 0.15) is 5.82 Å². The van der Waals surface area contributed by atoms with Gasteiger partial charge in [-0.2, -0.15) is 5.10 Å². The number of hydrogen-bond acceptors (Lipinski definition) is 2. The first-order chi connectivity index (χ1) is 9.06. The van der Waals surface area contributed by atoms with E-state index in [4.69, 9.17) is 17.3 Å². The van der Waals surface area contributed by atoms with Crippen molar-refractivity contribution in [2.75, 3.05) is 5.73 Å². The van der Waals surface area contributed by atoms with Crippen LogP contribution >= 0.6 is 11.6 Å². The van der Waals surface area contributed by atoms with Gasteiger partial charge in [-0.1, -0.05) is 37.6 Å². The zero-order chi connectivity index (χ0) is 14.0. The quantitative estimate of drug-likeness (QED) is 0.909. The van der Waals surface area contributed by atoms with E-state index in [0.29, 0.717) is 11.7 Å². The SMILES string of the molecule is CCC(CC)c1ccc(-c2cc(N)n(C)n2)cc1Cl. The largest absolute Gasteiger partial charge is 0.384 e. The molecule has 0 atom stereocenters. The van der Waals surface area contributed by atoms with Crippen LogP contribution < -0.4 is 5.73 Å². The molecule has 1 aromatic carbocycles. The summed E-state index contributed by atoms with van der Waals surface area (Å²) >= 11 is 6.41. The van der Waals surface area contributed by atoms with E-state index in [-0.39, 0.29) is 0 Å². The zero-order valence-electron chi connectivity index (χ0n) is 11.7. The summed E-state index contributed by atoms with van der Waals surface area (Å²) in [5.41, 5.74) is 8.89. The van der Waals surface area contributed by atoms with Gasteiger partial charge in [0, 0.05) is 23.7 Å². The van der Waals surface area contributed by atoms with Crippen molar-refractivity contribution < 1.29 is 0 Å². The number of rotatable bonds is 4. The normalized spacial score (nSPS) is 11.2. The third-order valence-electron chi connectivity index (χ3n) is 3.64. The first-order valence-electron chi connectivity index (χ1n) is 6.66. The molecule has 4 heteroatoms. The Morgan fingerprint density at radius 1 is 1.26 bits per heavy atom. The van der Waals surface area contributed by atoms with Gasteiger partial charge in [-0.05, 0) is 30.4 Å². The summed E-state index contributed by atoms with van der Waals surface area (Å²) in [7, 11) is 1.83. The molecule has 3 nitrogen and oxygen atoms in total. The second-order valence-electron chi connectivity index (χ2n) is 4.83. The monoisotopic (exact) mass is 277 g/mol. The number of nitrogens with zero attached hydrogens (tertiary/aromatic N) is 2. The van der Waals surface area contributed by atoms with Crippen molar-refractivity contribution in [3.8, 4) is 11.3 Å². The minimum Gasteiger partial charge on any atom is -0.384 e. The first-order valence-corrected chi connectivity index (χ1v) is 7.03. The van der Waals surface area contributed by atoms with Crippen LogP contribution in [0.3, 0.4) is 0 Å². The van der Waals surface area contributed by atoms with Crippen LogP contribution in [-0.2, 0) is 7.05 Å². The number of nitrogen functional groups attached to an aromatic ring is 1. The number of hydrogen-bond donors (Lipinski definition) is 1. The lowest BCUT2D eigenvalue weighted by Crippen LogP contribution is -1.97. The molecular formula is C15H20ClN3. The van der Waals surface area contributed by atoms with Gasteiger partial charge in [0.25, 0.3) is 0 Å². The summed E-state index contributed by atoms with van der Waals surface area (Å²) in [4.78, 5) is 0. The lowest BCUT2D eigenvalue weighted by molar-refractivity contribution is 0.642. The number of anilines is 1. The highest BCUT2D eigenvalue weighted by atomic mass is 35.5. The lowest BCUT2D eigenvalue weighted by atomic mass is 9.93. The van der Waals surface area contributed by atoms with Crippen molar-refractivity contribution in [3.05, 3.63) is 34.9 Å². The Kier molecular flexibility index (Phi) is 4.15. The predicted octanol–water partition coefficient (Wildman–Crippen LogP) is 4.23. The van der Waals surface area contributed by atoms with Gasteiger partial charge in [0.05, 0.1) is 5.69 Å². The van der Waals surface area contributed by atoms with Crippen LogP contribution in [0.1, 0.15) is 38.2 Å². The van der Waals surface area contributed by atoms with Gasteiger partial charge < -0.3 is 5.73 Å². The fourth-order valence-corrected chi connectivity index (χ4v) is 2.70. The standard InChI is InChI=1S/C15H20ClN3/c1-4-10(5-2)12-7-6-11(8-13(12)16)14-9-15(17)19(3)18-14/h6-10H,4-5,17H2,1-3H3. The fourth-order valence-electron chi connectivity index (χ4n) is 2.37.